The Morgan fingerprint density at radius 3 is 2.44 bits per heavy atom. The molecule has 0 bridgehead atoms. The third-order valence-corrected chi connectivity index (χ3v) is 7.71. The molecule has 0 amide bonds. The summed E-state index contributed by atoms with van der Waals surface area (Å²) in [5.74, 6) is -0.832. The van der Waals surface area contributed by atoms with E-state index >= 15 is 0 Å². The lowest BCUT2D eigenvalue weighted by Crippen LogP contribution is -2.44. The quantitative estimate of drug-likeness (QED) is 0.529. The number of aromatic nitrogens is 3. The van der Waals surface area contributed by atoms with E-state index in [1.807, 2.05) is 13.1 Å². The molecule has 0 saturated carbocycles. The number of piperidine rings is 1. The molecule has 2 aromatic heterocycles. The number of rotatable bonds is 7. The second kappa shape index (κ2) is 9.29. The molecule has 0 spiro atoms. The number of hydrogen-bond donors (Lipinski definition) is 0. The fourth-order valence-electron chi connectivity index (χ4n) is 3.62. The fraction of sp³-hybridized carbons (Fsp3) is 0.381. The summed E-state index contributed by atoms with van der Waals surface area (Å²) in [4.78, 5) is 6.44. The summed E-state index contributed by atoms with van der Waals surface area (Å²) >= 11 is 0. The zero-order chi connectivity index (χ0) is 22.7. The van der Waals surface area contributed by atoms with Crippen molar-refractivity contribution in [3.8, 4) is 11.5 Å². The molecule has 4 rings (SSSR count). The van der Waals surface area contributed by atoms with Gasteiger partial charge in [-0.25, -0.2) is 8.42 Å². The van der Waals surface area contributed by atoms with Crippen molar-refractivity contribution in [1.29, 1.82) is 0 Å². The highest BCUT2D eigenvalue weighted by Crippen LogP contribution is 2.28. The van der Waals surface area contributed by atoms with Crippen LogP contribution in [0.5, 0.6) is 0 Å². The van der Waals surface area contributed by atoms with Crippen LogP contribution >= 0.6 is 0 Å². The first-order chi connectivity index (χ1) is 15.3. The number of alkyl halides is 2. The van der Waals surface area contributed by atoms with E-state index in [1.165, 1.54) is 10.5 Å². The molecule has 8 nitrogen and oxygen atoms in total. The Morgan fingerprint density at radius 2 is 1.84 bits per heavy atom. The molecule has 11 heteroatoms. The van der Waals surface area contributed by atoms with Crippen LogP contribution in [0.4, 0.5) is 14.5 Å². The smallest absolute Gasteiger partial charge is 0.314 e. The van der Waals surface area contributed by atoms with E-state index in [-0.39, 0.29) is 12.4 Å². The maximum absolute atomic E-state index is 13.5. The zero-order valence-corrected chi connectivity index (χ0v) is 18.3. The van der Waals surface area contributed by atoms with Gasteiger partial charge >= 0.3 is 6.43 Å². The standard InChI is InChI=1S/C21H23F2N5O3S/c1-27-11-9-18(10-12-27)32(29,30)28(17-5-3-2-4-6-17)14-16-8-7-15(13-24-16)20-25-26-21(31-20)19(22)23/h2-8,13,18-19H,9-12,14H2,1H3. The van der Waals surface area contributed by atoms with E-state index < -0.39 is 27.6 Å². The van der Waals surface area contributed by atoms with Crippen LogP contribution in [0.25, 0.3) is 11.5 Å². The second-order valence-corrected chi connectivity index (χ2v) is 9.81. The van der Waals surface area contributed by atoms with E-state index in [0.29, 0.717) is 29.8 Å². The molecule has 32 heavy (non-hydrogen) atoms. The van der Waals surface area contributed by atoms with Gasteiger partial charge in [0.25, 0.3) is 5.89 Å². The molecule has 0 aliphatic carbocycles. The van der Waals surface area contributed by atoms with Crippen molar-refractivity contribution in [2.45, 2.75) is 31.1 Å². The predicted octanol–water partition coefficient (Wildman–Crippen LogP) is 3.50. The van der Waals surface area contributed by atoms with E-state index in [9.17, 15) is 17.2 Å². The summed E-state index contributed by atoms with van der Waals surface area (Å²) < 4.78 is 58.7. The molecule has 170 valence electrons. The van der Waals surface area contributed by atoms with Gasteiger partial charge in [-0.3, -0.25) is 9.29 Å². The molecule has 1 aliphatic rings. The third kappa shape index (κ3) is 4.78. The van der Waals surface area contributed by atoms with Crippen molar-refractivity contribution in [2.75, 3.05) is 24.4 Å². The highest BCUT2D eigenvalue weighted by molar-refractivity contribution is 7.93. The molecule has 0 radical (unpaired) electrons. The minimum absolute atomic E-state index is 0.0467. The summed E-state index contributed by atoms with van der Waals surface area (Å²) in [5.41, 5.74) is 1.44. The Hall–Kier alpha value is -2.92. The topological polar surface area (TPSA) is 92.4 Å². The summed E-state index contributed by atoms with van der Waals surface area (Å²) in [7, 11) is -1.64. The Morgan fingerprint density at radius 1 is 1.12 bits per heavy atom. The molecule has 1 saturated heterocycles. The minimum Gasteiger partial charge on any atom is -0.415 e. The number of para-hydroxylation sites is 1. The Kier molecular flexibility index (Phi) is 6.47. The molecule has 0 atom stereocenters. The Balaban J connectivity index is 1.58. The van der Waals surface area contributed by atoms with Crippen molar-refractivity contribution >= 4 is 15.7 Å². The Labute approximate surface area is 184 Å². The maximum atomic E-state index is 13.5. The highest BCUT2D eigenvalue weighted by Gasteiger charge is 2.34. The van der Waals surface area contributed by atoms with Gasteiger partial charge in [0.15, 0.2) is 0 Å². The summed E-state index contributed by atoms with van der Waals surface area (Å²) in [6.07, 6.45) is -0.313. The van der Waals surface area contributed by atoms with E-state index in [2.05, 4.69) is 20.1 Å². The minimum atomic E-state index is -3.62. The molecule has 0 N–H and O–H groups in total. The molecule has 1 aromatic carbocycles. The summed E-state index contributed by atoms with van der Waals surface area (Å²) in [6.45, 7) is 1.50. The number of pyridine rings is 1. The first-order valence-corrected chi connectivity index (χ1v) is 11.7. The monoisotopic (exact) mass is 463 g/mol. The van der Waals surface area contributed by atoms with Crippen LogP contribution < -0.4 is 4.31 Å². The van der Waals surface area contributed by atoms with Crippen LogP contribution in [0.15, 0.2) is 53.1 Å². The van der Waals surface area contributed by atoms with Crippen LogP contribution in [0.1, 0.15) is 30.9 Å². The van der Waals surface area contributed by atoms with Gasteiger partial charge in [-0.2, -0.15) is 8.78 Å². The number of sulfonamides is 1. The Bertz CT molecular complexity index is 1130. The molecular weight excluding hydrogens is 440 g/mol. The molecule has 0 unspecified atom stereocenters. The van der Waals surface area contributed by atoms with Crippen LogP contribution in [-0.4, -0.2) is 53.9 Å². The molecule has 3 heterocycles. The second-order valence-electron chi connectivity index (χ2n) is 7.67. The van der Waals surface area contributed by atoms with Gasteiger partial charge in [-0.15, -0.1) is 10.2 Å². The van der Waals surface area contributed by atoms with Crippen molar-refractivity contribution in [3.05, 3.63) is 60.2 Å². The van der Waals surface area contributed by atoms with Gasteiger partial charge in [-0.05, 0) is 57.2 Å². The van der Waals surface area contributed by atoms with Gasteiger partial charge in [0.2, 0.25) is 15.9 Å². The number of benzene rings is 1. The van der Waals surface area contributed by atoms with Crippen LogP contribution in [0, 0.1) is 0 Å². The largest absolute Gasteiger partial charge is 0.415 e. The van der Waals surface area contributed by atoms with Gasteiger partial charge in [0.1, 0.15) is 0 Å². The first kappa shape index (κ1) is 22.3. The molecule has 1 fully saturated rings. The summed E-state index contributed by atoms with van der Waals surface area (Å²) in [5, 5.41) is 6.44. The van der Waals surface area contributed by atoms with Crippen molar-refractivity contribution in [2.24, 2.45) is 0 Å². The third-order valence-electron chi connectivity index (χ3n) is 5.44. The van der Waals surface area contributed by atoms with E-state index in [4.69, 9.17) is 4.42 Å². The first-order valence-electron chi connectivity index (χ1n) is 10.2. The van der Waals surface area contributed by atoms with E-state index in [1.54, 1.807) is 36.4 Å². The van der Waals surface area contributed by atoms with Crippen molar-refractivity contribution in [1.82, 2.24) is 20.1 Å². The normalized spacial score (nSPS) is 15.9. The highest BCUT2D eigenvalue weighted by atomic mass is 32.2. The van der Waals surface area contributed by atoms with Crippen LogP contribution in [-0.2, 0) is 16.6 Å². The average Bonchev–Trinajstić information content (AvgIpc) is 3.29. The van der Waals surface area contributed by atoms with Gasteiger partial charge in [0.05, 0.1) is 28.7 Å². The van der Waals surface area contributed by atoms with Crippen LogP contribution in [0.2, 0.25) is 0 Å². The zero-order valence-electron chi connectivity index (χ0n) is 17.4. The lowest BCUT2D eigenvalue weighted by atomic mass is 10.1. The molecular formula is C21H23F2N5O3S. The van der Waals surface area contributed by atoms with Gasteiger partial charge < -0.3 is 9.32 Å². The number of halogens is 2. The fourth-order valence-corrected chi connectivity index (χ4v) is 5.51. The van der Waals surface area contributed by atoms with Gasteiger partial charge in [0, 0.05) is 6.20 Å². The number of anilines is 1. The number of hydrogen-bond acceptors (Lipinski definition) is 7. The van der Waals surface area contributed by atoms with Crippen LogP contribution in [0.3, 0.4) is 0 Å². The lowest BCUT2D eigenvalue weighted by Gasteiger charge is -2.33. The van der Waals surface area contributed by atoms with E-state index in [0.717, 1.165) is 13.1 Å². The average molecular weight is 464 g/mol. The summed E-state index contributed by atoms with van der Waals surface area (Å²) in [6, 6.07) is 12.1. The lowest BCUT2D eigenvalue weighted by molar-refractivity contribution is 0.116. The van der Waals surface area contributed by atoms with Crippen molar-refractivity contribution < 1.29 is 21.6 Å². The maximum Gasteiger partial charge on any atom is 0.314 e. The van der Waals surface area contributed by atoms with Gasteiger partial charge in [-0.1, -0.05) is 18.2 Å². The predicted molar refractivity (Wildman–Crippen MR) is 115 cm³/mol. The number of likely N-dealkylation sites (tertiary alicyclic amines) is 1. The number of nitrogens with zero attached hydrogens (tertiary/aromatic N) is 5. The SMILES string of the molecule is CN1CCC(S(=O)(=O)N(Cc2ccc(-c3nnc(C(F)F)o3)cn2)c2ccccc2)CC1. The molecule has 3 aromatic rings. The van der Waals surface area contributed by atoms with Crippen molar-refractivity contribution in [3.63, 3.8) is 0 Å². The molecule has 1 aliphatic heterocycles.